The summed E-state index contributed by atoms with van der Waals surface area (Å²) in [5, 5.41) is 11.0. The van der Waals surface area contributed by atoms with E-state index in [1.807, 2.05) is 12.1 Å². The van der Waals surface area contributed by atoms with Gasteiger partial charge in [-0.25, -0.2) is 0 Å². The van der Waals surface area contributed by atoms with Crippen molar-refractivity contribution in [3.8, 4) is 0 Å². The van der Waals surface area contributed by atoms with Gasteiger partial charge in [0, 0.05) is 36.1 Å². The Hall–Kier alpha value is -1.40. The van der Waals surface area contributed by atoms with Gasteiger partial charge in [-0.2, -0.15) is 4.98 Å². The highest BCUT2D eigenvalue weighted by Gasteiger charge is 2.23. The molecule has 0 aliphatic carbocycles. The van der Waals surface area contributed by atoms with Gasteiger partial charge in [-0.1, -0.05) is 28.1 Å². The molecule has 2 heterocycles. The van der Waals surface area contributed by atoms with E-state index < -0.39 is 0 Å². The van der Waals surface area contributed by atoms with Crippen molar-refractivity contribution in [3.05, 3.63) is 40.1 Å². The summed E-state index contributed by atoms with van der Waals surface area (Å²) in [4.78, 5) is 6.88. The van der Waals surface area contributed by atoms with E-state index in [1.165, 1.54) is 5.56 Å². The van der Waals surface area contributed by atoms with Gasteiger partial charge in [-0.15, -0.1) is 5.10 Å². The maximum absolute atomic E-state index is 4.64. The van der Waals surface area contributed by atoms with Crippen LogP contribution in [0.1, 0.15) is 25.2 Å². The van der Waals surface area contributed by atoms with Crippen molar-refractivity contribution in [1.29, 1.82) is 0 Å². The van der Waals surface area contributed by atoms with E-state index in [0.29, 0.717) is 12.1 Å². The molecule has 3 rings (SSSR count). The molecule has 0 bridgehead atoms. The minimum Gasteiger partial charge on any atom is -0.336 e. The largest absolute Gasteiger partial charge is 0.336 e. The third-order valence-electron chi connectivity index (χ3n) is 3.65. The highest BCUT2D eigenvalue weighted by atomic mass is 79.9. The molecule has 0 radical (unpaired) electrons. The average Bonchev–Trinajstić information content (AvgIpc) is 2.89. The van der Waals surface area contributed by atoms with Crippen LogP contribution >= 0.6 is 15.9 Å². The van der Waals surface area contributed by atoms with Crippen LogP contribution in [-0.4, -0.2) is 40.4 Å². The quantitative estimate of drug-likeness (QED) is 0.892. The summed E-state index contributed by atoms with van der Waals surface area (Å²) in [5.41, 5.74) is 1.22. The standard InChI is InChI=1S/C15H20BrN5/c1-10-8-21(9-11(2)17-10)15-18-14(19-20-15)7-12-3-5-13(16)6-4-12/h3-6,10-11,17H,7-9H2,1-2H3,(H,18,19,20). The Morgan fingerprint density at radius 1 is 1.19 bits per heavy atom. The summed E-state index contributed by atoms with van der Waals surface area (Å²) >= 11 is 3.45. The lowest BCUT2D eigenvalue weighted by molar-refractivity contribution is 0.403. The summed E-state index contributed by atoms with van der Waals surface area (Å²) in [5.74, 6) is 1.72. The number of anilines is 1. The Labute approximate surface area is 133 Å². The first-order valence-corrected chi connectivity index (χ1v) is 8.06. The molecule has 2 atom stereocenters. The molecular weight excluding hydrogens is 330 g/mol. The zero-order chi connectivity index (χ0) is 14.8. The lowest BCUT2D eigenvalue weighted by Gasteiger charge is -2.35. The number of aromatic amines is 1. The van der Waals surface area contributed by atoms with Gasteiger partial charge in [0.05, 0.1) is 0 Å². The summed E-state index contributed by atoms with van der Waals surface area (Å²) < 4.78 is 1.09. The molecule has 1 aromatic carbocycles. The van der Waals surface area contributed by atoms with Crippen LogP contribution in [0.2, 0.25) is 0 Å². The van der Waals surface area contributed by atoms with Crippen LogP contribution in [0.3, 0.4) is 0 Å². The Morgan fingerprint density at radius 2 is 1.86 bits per heavy atom. The van der Waals surface area contributed by atoms with Gasteiger partial charge in [0.2, 0.25) is 5.95 Å². The third-order valence-corrected chi connectivity index (χ3v) is 4.17. The number of hydrogen-bond acceptors (Lipinski definition) is 4. The molecule has 1 aliphatic rings. The lowest BCUT2D eigenvalue weighted by Crippen LogP contribution is -2.54. The number of nitrogens with one attached hydrogen (secondary N) is 2. The van der Waals surface area contributed by atoms with E-state index in [9.17, 15) is 0 Å². The number of rotatable bonds is 3. The third kappa shape index (κ3) is 3.63. The zero-order valence-corrected chi connectivity index (χ0v) is 13.9. The van der Waals surface area contributed by atoms with Crippen LogP contribution in [0.15, 0.2) is 28.7 Å². The molecule has 1 saturated heterocycles. The van der Waals surface area contributed by atoms with Crippen LogP contribution in [0.4, 0.5) is 5.95 Å². The Balaban J connectivity index is 1.69. The fourth-order valence-corrected chi connectivity index (χ4v) is 3.06. The van der Waals surface area contributed by atoms with Gasteiger partial charge in [0.15, 0.2) is 0 Å². The van der Waals surface area contributed by atoms with Crippen LogP contribution in [0.25, 0.3) is 0 Å². The second-order valence-electron chi connectivity index (χ2n) is 5.76. The van der Waals surface area contributed by atoms with Crippen LogP contribution in [0, 0.1) is 0 Å². The predicted octanol–water partition coefficient (Wildman–Crippen LogP) is 2.34. The zero-order valence-electron chi connectivity index (χ0n) is 12.3. The molecule has 0 amide bonds. The molecule has 6 heteroatoms. The molecular formula is C15H20BrN5. The second kappa shape index (κ2) is 6.15. The van der Waals surface area contributed by atoms with E-state index in [2.05, 4.69) is 67.3 Å². The maximum Gasteiger partial charge on any atom is 0.244 e. The van der Waals surface area contributed by atoms with Crippen LogP contribution in [-0.2, 0) is 6.42 Å². The van der Waals surface area contributed by atoms with Crippen LogP contribution < -0.4 is 10.2 Å². The molecule has 112 valence electrons. The topological polar surface area (TPSA) is 56.8 Å². The number of H-pyrrole nitrogens is 1. The fourth-order valence-electron chi connectivity index (χ4n) is 2.79. The molecule has 5 nitrogen and oxygen atoms in total. The van der Waals surface area contributed by atoms with Crippen LogP contribution in [0.5, 0.6) is 0 Å². The number of aromatic nitrogens is 3. The van der Waals surface area contributed by atoms with Gasteiger partial charge >= 0.3 is 0 Å². The molecule has 2 aromatic rings. The summed E-state index contributed by atoms with van der Waals surface area (Å²) in [6, 6.07) is 9.21. The molecule has 1 aromatic heterocycles. The van der Waals surface area contributed by atoms with Gasteiger partial charge in [-0.05, 0) is 31.5 Å². The van der Waals surface area contributed by atoms with Gasteiger partial charge in [0.25, 0.3) is 0 Å². The first kappa shape index (κ1) is 14.5. The van der Waals surface area contributed by atoms with Crippen molar-refractivity contribution in [2.24, 2.45) is 0 Å². The Bertz CT molecular complexity index is 584. The predicted molar refractivity (Wildman–Crippen MR) is 87.6 cm³/mol. The normalized spacial score (nSPS) is 22.5. The molecule has 0 saturated carbocycles. The highest BCUT2D eigenvalue weighted by Crippen LogP contribution is 2.16. The summed E-state index contributed by atoms with van der Waals surface area (Å²) in [6.07, 6.45) is 0.775. The van der Waals surface area contributed by atoms with E-state index in [4.69, 9.17) is 0 Å². The lowest BCUT2D eigenvalue weighted by atomic mass is 10.1. The highest BCUT2D eigenvalue weighted by molar-refractivity contribution is 9.10. The van der Waals surface area contributed by atoms with Crippen molar-refractivity contribution in [1.82, 2.24) is 20.5 Å². The van der Waals surface area contributed by atoms with E-state index >= 15 is 0 Å². The van der Waals surface area contributed by atoms with Crippen molar-refractivity contribution in [2.75, 3.05) is 18.0 Å². The first-order chi connectivity index (χ1) is 10.1. The number of nitrogens with zero attached hydrogens (tertiary/aromatic N) is 3. The monoisotopic (exact) mass is 349 g/mol. The molecule has 2 N–H and O–H groups in total. The van der Waals surface area contributed by atoms with Crippen molar-refractivity contribution < 1.29 is 0 Å². The molecule has 0 spiro atoms. The summed E-state index contributed by atoms with van der Waals surface area (Å²) in [6.45, 7) is 6.27. The van der Waals surface area contributed by atoms with Crippen molar-refractivity contribution >= 4 is 21.9 Å². The fraction of sp³-hybridized carbons (Fsp3) is 0.467. The maximum atomic E-state index is 4.64. The number of halogens is 1. The van der Waals surface area contributed by atoms with Crippen molar-refractivity contribution in [3.63, 3.8) is 0 Å². The molecule has 2 unspecified atom stereocenters. The summed E-state index contributed by atoms with van der Waals surface area (Å²) in [7, 11) is 0. The Morgan fingerprint density at radius 3 is 2.52 bits per heavy atom. The molecule has 1 aliphatic heterocycles. The van der Waals surface area contributed by atoms with E-state index in [-0.39, 0.29) is 0 Å². The number of piperazine rings is 1. The molecule has 1 fully saturated rings. The van der Waals surface area contributed by atoms with Gasteiger partial charge < -0.3 is 10.2 Å². The van der Waals surface area contributed by atoms with E-state index in [1.54, 1.807) is 0 Å². The SMILES string of the molecule is CC1CN(c2n[nH]c(Cc3ccc(Br)cc3)n2)CC(C)N1. The first-order valence-electron chi connectivity index (χ1n) is 7.27. The van der Waals surface area contributed by atoms with Gasteiger partial charge in [-0.3, -0.25) is 5.10 Å². The Kier molecular flexibility index (Phi) is 4.26. The minimum atomic E-state index is 0.460. The van der Waals surface area contributed by atoms with Gasteiger partial charge in [0.1, 0.15) is 5.82 Å². The molecule has 21 heavy (non-hydrogen) atoms. The van der Waals surface area contributed by atoms with Crippen molar-refractivity contribution in [2.45, 2.75) is 32.4 Å². The second-order valence-corrected chi connectivity index (χ2v) is 6.67. The minimum absolute atomic E-state index is 0.460. The average molecular weight is 350 g/mol. The van der Waals surface area contributed by atoms with E-state index in [0.717, 1.165) is 35.8 Å². The number of hydrogen-bond donors (Lipinski definition) is 2. The number of benzene rings is 1. The smallest absolute Gasteiger partial charge is 0.244 e.